The van der Waals surface area contributed by atoms with Gasteiger partial charge in [-0.1, -0.05) is 13.8 Å². The van der Waals surface area contributed by atoms with Crippen molar-refractivity contribution in [3.8, 4) is 0 Å². The van der Waals surface area contributed by atoms with E-state index in [1.807, 2.05) is 0 Å². The highest BCUT2D eigenvalue weighted by molar-refractivity contribution is 5.80. The monoisotopic (exact) mass is 167 g/mol. The van der Waals surface area contributed by atoms with E-state index in [0.29, 0.717) is 5.96 Å². The zero-order valence-electron chi connectivity index (χ0n) is 7.80. The summed E-state index contributed by atoms with van der Waals surface area (Å²) in [7, 11) is 0. The zero-order chi connectivity index (χ0) is 8.77. The fourth-order valence-electron chi connectivity index (χ4n) is 2.23. The van der Waals surface area contributed by atoms with Gasteiger partial charge in [0.2, 0.25) is 0 Å². The maximum absolute atomic E-state index is 5.58. The molecule has 1 spiro atoms. The first-order chi connectivity index (χ1) is 5.61. The molecular formula is C9H17N3. The molecule has 1 heterocycles. The van der Waals surface area contributed by atoms with Crippen molar-refractivity contribution in [2.75, 3.05) is 6.54 Å². The van der Waals surface area contributed by atoms with Crippen molar-refractivity contribution in [2.24, 2.45) is 22.6 Å². The fourth-order valence-corrected chi connectivity index (χ4v) is 2.23. The van der Waals surface area contributed by atoms with Gasteiger partial charge >= 0.3 is 0 Å². The SMILES string of the molecule is CC(C)C1CC2(CN=C(N)N2)C1. The molecule has 0 radical (unpaired) electrons. The minimum absolute atomic E-state index is 0.263. The molecule has 0 saturated heterocycles. The Morgan fingerprint density at radius 2 is 2.25 bits per heavy atom. The highest BCUT2D eigenvalue weighted by atomic mass is 15.2. The number of hydrogen-bond donors (Lipinski definition) is 2. The van der Waals surface area contributed by atoms with Crippen LogP contribution in [0.3, 0.4) is 0 Å². The Labute approximate surface area is 73.4 Å². The molecule has 1 fully saturated rings. The van der Waals surface area contributed by atoms with Crippen LogP contribution in [0.25, 0.3) is 0 Å². The topological polar surface area (TPSA) is 50.4 Å². The van der Waals surface area contributed by atoms with Gasteiger partial charge in [0.05, 0.1) is 12.1 Å². The van der Waals surface area contributed by atoms with Crippen LogP contribution in [0.15, 0.2) is 4.99 Å². The van der Waals surface area contributed by atoms with Crippen LogP contribution in [0.5, 0.6) is 0 Å². The second-order valence-corrected chi connectivity index (χ2v) is 4.52. The number of rotatable bonds is 1. The highest BCUT2D eigenvalue weighted by Gasteiger charge is 2.47. The molecule has 0 amide bonds. The summed E-state index contributed by atoms with van der Waals surface area (Å²) in [5.41, 5.74) is 5.84. The quantitative estimate of drug-likeness (QED) is 0.604. The maximum atomic E-state index is 5.58. The van der Waals surface area contributed by atoms with Crippen LogP contribution in [-0.2, 0) is 0 Å². The first-order valence-corrected chi connectivity index (χ1v) is 4.69. The predicted octanol–water partition coefficient (Wildman–Crippen LogP) is 0.709. The third-order valence-corrected chi connectivity index (χ3v) is 3.19. The molecule has 0 aromatic rings. The number of aliphatic imine (C=N–C) groups is 1. The van der Waals surface area contributed by atoms with Crippen LogP contribution in [0, 0.1) is 11.8 Å². The van der Waals surface area contributed by atoms with E-state index in [4.69, 9.17) is 5.73 Å². The minimum atomic E-state index is 0.263. The lowest BCUT2D eigenvalue weighted by molar-refractivity contribution is 0.102. The molecule has 1 aliphatic carbocycles. The second kappa shape index (κ2) is 2.38. The average molecular weight is 167 g/mol. The summed E-state index contributed by atoms with van der Waals surface area (Å²) in [5.74, 6) is 2.31. The van der Waals surface area contributed by atoms with Crippen molar-refractivity contribution in [3.63, 3.8) is 0 Å². The van der Waals surface area contributed by atoms with Gasteiger partial charge in [-0.25, -0.2) is 0 Å². The third-order valence-electron chi connectivity index (χ3n) is 3.19. The molecule has 3 nitrogen and oxygen atoms in total. The molecule has 3 heteroatoms. The lowest BCUT2D eigenvalue weighted by atomic mass is 9.64. The second-order valence-electron chi connectivity index (χ2n) is 4.52. The van der Waals surface area contributed by atoms with Gasteiger partial charge in [-0.05, 0) is 24.7 Å². The van der Waals surface area contributed by atoms with Crippen molar-refractivity contribution in [3.05, 3.63) is 0 Å². The molecule has 0 aromatic carbocycles. The van der Waals surface area contributed by atoms with E-state index in [1.54, 1.807) is 0 Å². The van der Waals surface area contributed by atoms with Gasteiger partial charge in [0, 0.05) is 0 Å². The summed E-state index contributed by atoms with van der Waals surface area (Å²) in [6, 6.07) is 0. The summed E-state index contributed by atoms with van der Waals surface area (Å²) in [6.45, 7) is 5.47. The molecule has 3 N–H and O–H groups in total. The van der Waals surface area contributed by atoms with Crippen LogP contribution in [0.2, 0.25) is 0 Å². The molecule has 1 aliphatic heterocycles. The summed E-state index contributed by atoms with van der Waals surface area (Å²) >= 11 is 0. The van der Waals surface area contributed by atoms with Crippen molar-refractivity contribution in [1.82, 2.24) is 5.32 Å². The molecular weight excluding hydrogens is 150 g/mol. The fraction of sp³-hybridized carbons (Fsp3) is 0.889. The third kappa shape index (κ3) is 1.08. The Morgan fingerprint density at radius 1 is 1.58 bits per heavy atom. The maximum Gasteiger partial charge on any atom is 0.189 e. The average Bonchev–Trinajstić information content (AvgIpc) is 2.27. The van der Waals surface area contributed by atoms with E-state index < -0.39 is 0 Å². The predicted molar refractivity (Wildman–Crippen MR) is 49.9 cm³/mol. The van der Waals surface area contributed by atoms with E-state index in [-0.39, 0.29) is 5.54 Å². The van der Waals surface area contributed by atoms with Crippen molar-refractivity contribution in [2.45, 2.75) is 32.2 Å². The van der Waals surface area contributed by atoms with Crippen molar-refractivity contribution in [1.29, 1.82) is 0 Å². The largest absolute Gasteiger partial charge is 0.370 e. The van der Waals surface area contributed by atoms with Crippen LogP contribution >= 0.6 is 0 Å². The molecule has 12 heavy (non-hydrogen) atoms. The van der Waals surface area contributed by atoms with Gasteiger partial charge in [0.25, 0.3) is 0 Å². The zero-order valence-corrected chi connectivity index (χ0v) is 7.80. The molecule has 2 aliphatic rings. The first kappa shape index (κ1) is 7.90. The van der Waals surface area contributed by atoms with Crippen molar-refractivity contribution >= 4 is 5.96 Å². The molecule has 0 bridgehead atoms. The van der Waals surface area contributed by atoms with Crippen LogP contribution in [-0.4, -0.2) is 18.0 Å². The van der Waals surface area contributed by atoms with Crippen LogP contribution in [0.1, 0.15) is 26.7 Å². The molecule has 68 valence electrons. The van der Waals surface area contributed by atoms with E-state index >= 15 is 0 Å². The van der Waals surface area contributed by atoms with Gasteiger partial charge in [-0.15, -0.1) is 0 Å². The molecule has 1 saturated carbocycles. The van der Waals surface area contributed by atoms with Gasteiger partial charge in [0.15, 0.2) is 5.96 Å². The standard InChI is InChI=1S/C9H17N3/c1-6(2)7-3-9(4-7)5-11-8(10)12-9/h6-7H,3-5H2,1-2H3,(H3,10,11,12). The number of hydrogen-bond acceptors (Lipinski definition) is 3. The lowest BCUT2D eigenvalue weighted by Crippen LogP contribution is -2.57. The Bertz CT molecular complexity index is 214. The smallest absolute Gasteiger partial charge is 0.189 e. The van der Waals surface area contributed by atoms with E-state index in [1.165, 1.54) is 12.8 Å². The Balaban J connectivity index is 1.89. The van der Waals surface area contributed by atoms with Crippen LogP contribution in [0.4, 0.5) is 0 Å². The van der Waals surface area contributed by atoms with Gasteiger partial charge in [0.1, 0.15) is 0 Å². The summed E-state index contributed by atoms with van der Waals surface area (Å²) in [4.78, 5) is 4.19. The number of nitrogens with zero attached hydrogens (tertiary/aromatic N) is 1. The Morgan fingerprint density at radius 3 is 2.67 bits per heavy atom. The number of nitrogens with one attached hydrogen (secondary N) is 1. The number of guanidine groups is 1. The Kier molecular flexibility index (Phi) is 1.56. The van der Waals surface area contributed by atoms with E-state index in [0.717, 1.165) is 18.4 Å². The first-order valence-electron chi connectivity index (χ1n) is 4.69. The molecule has 2 rings (SSSR count). The molecule has 0 atom stereocenters. The lowest BCUT2D eigenvalue weighted by Gasteiger charge is -2.46. The van der Waals surface area contributed by atoms with Gasteiger partial charge < -0.3 is 11.1 Å². The molecule has 0 unspecified atom stereocenters. The van der Waals surface area contributed by atoms with Gasteiger partial charge in [-0.2, -0.15) is 0 Å². The van der Waals surface area contributed by atoms with E-state index in [9.17, 15) is 0 Å². The summed E-state index contributed by atoms with van der Waals surface area (Å²) < 4.78 is 0. The normalized spacial score (nSPS) is 39.6. The van der Waals surface area contributed by atoms with E-state index in [2.05, 4.69) is 24.2 Å². The minimum Gasteiger partial charge on any atom is -0.370 e. The molecule has 0 aromatic heterocycles. The van der Waals surface area contributed by atoms with Crippen LogP contribution < -0.4 is 11.1 Å². The summed E-state index contributed by atoms with van der Waals surface area (Å²) in [5, 5.41) is 3.28. The summed E-state index contributed by atoms with van der Waals surface area (Å²) in [6.07, 6.45) is 2.49. The number of nitrogens with two attached hydrogens (primary N) is 1. The Hall–Kier alpha value is -0.730. The van der Waals surface area contributed by atoms with Crippen molar-refractivity contribution < 1.29 is 0 Å². The highest BCUT2D eigenvalue weighted by Crippen LogP contribution is 2.43. The van der Waals surface area contributed by atoms with Gasteiger partial charge in [-0.3, -0.25) is 4.99 Å².